The topological polar surface area (TPSA) is 72.9 Å². The number of aromatic nitrogens is 2. The minimum atomic E-state index is -0.657. The molecule has 1 aromatic carbocycles. The van der Waals surface area contributed by atoms with Crippen molar-refractivity contribution in [3.63, 3.8) is 0 Å². The molecule has 5 nitrogen and oxygen atoms in total. The zero-order chi connectivity index (χ0) is 15.5. The molecule has 3 N–H and O–H groups in total. The third-order valence-electron chi connectivity index (χ3n) is 4.27. The number of fused-ring (bicyclic) bond motifs is 1. The fourth-order valence-electron chi connectivity index (χ4n) is 3.14. The normalized spacial score (nSPS) is 16.2. The van der Waals surface area contributed by atoms with Crippen LogP contribution in [-0.4, -0.2) is 28.3 Å². The Balaban J connectivity index is 1.69. The lowest BCUT2D eigenvalue weighted by Crippen LogP contribution is -2.33. The van der Waals surface area contributed by atoms with E-state index in [0.717, 1.165) is 12.6 Å². The number of hydrogen-bond acceptors (Lipinski definition) is 3. The number of rotatable bonds is 5. The molecule has 2 aromatic rings. The molecule has 1 heterocycles. The summed E-state index contributed by atoms with van der Waals surface area (Å²) < 4.78 is 15.2. The van der Waals surface area contributed by atoms with E-state index in [2.05, 4.69) is 10.4 Å². The molecular weight excluding hydrogens is 283 g/mol. The number of amides is 1. The highest BCUT2D eigenvalue weighted by molar-refractivity contribution is 6.04. The number of hydrogen-bond donors (Lipinski definition) is 2. The van der Waals surface area contributed by atoms with Crippen molar-refractivity contribution in [2.24, 2.45) is 5.73 Å². The van der Waals surface area contributed by atoms with Gasteiger partial charge >= 0.3 is 0 Å². The first kappa shape index (κ1) is 15.0. The second-order valence-electron chi connectivity index (χ2n) is 5.94. The van der Waals surface area contributed by atoms with Gasteiger partial charge in [0, 0.05) is 24.2 Å². The fourth-order valence-corrected chi connectivity index (χ4v) is 3.14. The quantitative estimate of drug-likeness (QED) is 0.889. The Morgan fingerprint density at radius 1 is 1.36 bits per heavy atom. The molecule has 0 aliphatic heterocycles. The molecule has 1 saturated carbocycles. The Morgan fingerprint density at radius 3 is 2.86 bits per heavy atom. The van der Waals surface area contributed by atoms with Crippen molar-refractivity contribution >= 4 is 16.8 Å². The van der Waals surface area contributed by atoms with Crippen molar-refractivity contribution < 1.29 is 9.18 Å². The monoisotopic (exact) mass is 304 g/mol. The highest BCUT2D eigenvalue weighted by Gasteiger charge is 2.14. The summed E-state index contributed by atoms with van der Waals surface area (Å²) >= 11 is 0. The SMILES string of the molecule is NC(=O)c1cc(F)cc2cn(CCNC3CCCCC3)nc12. The van der Waals surface area contributed by atoms with Gasteiger partial charge in [-0.25, -0.2) is 4.39 Å². The van der Waals surface area contributed by atoms with Crippen LogP contribution in [0.15, 0.2) is 18.3 Å². The van der Waals surface area contributed by atoms with Gasteiger partial charge in [0.25, 0.3) is 5.91 Å². The molecule has 0 unspecified atom stereocenters. The van der Waals surface area contributed by atoms with Crippen molar-refractivity contribution in [1.29, 1.82) is 0 Å². The summed E-state index contributed by atoms with van der Waals surface area (Å²) in [6, 6.07) is 3.11. The number of primary amides is 1. The summed E-state index contributed by atoms with van der Waals surface area (Å²) in [4.78, 5) is 11.4. The van der Waals surface area contributed by atoms with E-state index in [1.807, 2.05) is 0 Å². The molecule has 22 heavy (non-hydrogen) atoms. The van der Waals surface area contributed by atoms with Gasteiger partial charge in [0.1, 0.15) is 11.3 Å². The van der Waals surface area contributed by atoms with Gasteiger partial charge in [-0.1, -0.05) is 19.3 Å². The average Bonchev–Trinajstić information content (AvgIpc) is 2.89. The number of nitrogens with one attached hydrogen (secondary N) is 1. The Kier molecular flexibility index (Phi) is 4.38. The summed E-state index contributed by atoms with van der Waals surface area (Å²) in [6.45, 7) is 1.50. The van der Waals surface area contributed by atoms with Crippen molar-refractivity contribution in [2.75, 3.05) is 6.54 Å². The van der Waals surface area contributed by atoms with Crippen LogP contribution in [0.5, 0.6) is 0 Å². The smallest absolute Gasteiger partial charge is 0.251 e. The lowest BCUT2D eigenvalue weighted by Gasteiger charge is -2.22. The molecule has 6 heteroatoms. The van der Waals surface area contributed by atoms with E-state index in [4.69, 9.17) is 5.73 Å². The maximum atomic E-state index is 13.5. The zero-order valence-electron chi connectivity index (χ0n) is 12.5. The van der Waals surface area contributed by atoms with Crippen LogP contribution >= 0.6 is 0 Å². The molecule has 0 radical (unpaired) electrons. The number of halogens is 1. The first-order valence-corrected chi connectivity index (χ1v) is 7.83. The molecule has 0 atom stereocenters. The largest absolute Gasteiger partial charge is 0.366 e. The second-order valence-corrected chi connectivity index (χ2v) is 5.94. The van der Waals surface area contributed by atoms with Crippen molar-refractivity contribution in [1.82, 2.24) is 15.1 Å². The second kappa shape index (κ2) is 6.44. The van der Waals surface area contributed by atoms with Gasteiger partial charge in [-0.15, -0.1) is 0 Å². The van der Waals surface area contributed by atoms with Crippen LogP contribution in [0.1, 0.15) is 42.5 Å². The maximum Gasteiger partial charge on any atom is 0.251 e. The third-order valence-corrected chi connectivity index (χ3v) is 4.27. The molecular formula is C16H21FN4O. The van der Waals surface area contributed by atoms with Gasteiger partial charge < -0.3 is 11.1 Å². The van der Waals surface area contributed by atoms with E-state index in [-0.39, 0.29) is 5.56 Å². The third kappa shape index (κ3) is 3.27. The van der Waals surface area contributed by atoms with Crippen molar-refractivity contribution in [3.05, 3.63) is 29.7 Å². The predicted octanol–water partition coefficient (Wildman–Crippen LogP) is 2.20. The maximum absolute atomic E-state index is 13.5. The number of nitrogens with two attached hydrogens (primary N) is 1. The van der Waals surface area contributed by atoms with Crippen LogP contribution < -0.4 is 11.1 Å². The van der Waals surface area contributed by atoms with Gasteiger partial charge in [0.15, 0.2) is 0 Å². The Hall–Kier alpha value is -1.95. The highest BCUT2D eigenvalue weighted by Crippen LogP contribution is 2.19. The number of carbonyl (C=O) groups excluding carboxylic acids is 1. The van der Waals surface area contributed by atoms with Gasteiger partial charge in [0.05, 0.1) is 12.1 Å². The van der Waals surface area contributed by atoms with Crippen LogP contribution in [0.2, 0.25) is 0 Å². The van der Waals surface area contributed by atoms with Crippen LogP contribution in [0.25, 0.3) is 10.9 Å². The van der Waals surface area contributed by atoms with Gasteiger partial charge in [-0.2, -0.15) is 5.10 Å². The molecule has 0 bridgehead atoms. The van der Waals surface area contributed by atoms with E-state index in [1.165, 1.54) is 38.2 Å². The lowest BCUT2D eigenvalue weighted by atomic mass is 9.95. The number of benzene rings is 1. The summed E-state index contributed by atoms with van der Waals surface area (Å²) in [5.41, 5.74) is 5.89. The first-order valence-electron chi connectivity index (χ1n) is 7.83. The average molecular weight is 304 g/mol. The lowest BCUT2D eigenvalue weighted by molar-refractivity contribution is 0.100. The van der Waals surface area contributed by atoms with Crippen LogP contribution in [0.3, 0.4) is 0 Å². The van der Waals surface area contributed by atoms with E-state index >= 15 is 0 Å². The van der Waals surface area contributed by atoms with E-state index in [1.54, 1.807) is 10.9 Å². The van der Waals surface area contributed by atoms with Crippen molar-refractivity contribution in [2.45, 2.75) is 44.7 Å². The fraction of sp³-hybridized carbons (Fsp3) is 0.500. The highest BCUT2D eigenvalue weighted by atomic mass is 19.1. The summed E-state index contributed by atoms with van der Waals surface area (Å²) in [6.07, 6.45) is 8.16. The molecule has 0 saturated heterocycles. The summed E-state index contributed by atoms with van der Waals surface area (Å²) in [7, 11) is 0. The summed E-state index contributed by atoms with van der Waals surface area (Å²) in [5, 5.41) is 8.51. The molecule has 118 valence electrons. The van der Waals surface area contributed by atoms with Gasteiger partial charge in [0.2, 0.25) is 0 Å². The van der Waals surface area contributed by atoms with Crippen molar-refractivity contribution in [3.8, 4) is 0 Å². The molecule has 1 amide bonds. The van der Waals surface area contributed by atoms with Gasteiger partial charge in [-0.05, 0) is 25.0 Å². The van der Waals surface area contributed by atoms with Crippen LogP contribution in [0.4, 0.5) is 4.39 Å². The molecule has 0 spiro atoms. The Morgan fingerprint density at radius 2 is 2.14 bits per heavy atom. The van der Waals surface area contributed by atoms with E-state index in [0.29, 0.717) is 23.5 Å². The molecule has 1 fully saturated rings. The predicted molar refractivity (Wildman–Crippen MR) is 83.1 cm³/mol. The van der Waals surface area contributed by atoms with Gasteiger partial charge in [-0.3, -0.25) is 9.48 Å². The van der Waals surface area contributed by atoms with Crippen LogP contribution in [-0.2, 0) is 6.54 Å². The number of carbonyl (C=O) groups is 1. The zero-order valence-corrected chi connectivity index (χ0v) is 12.5. The minimum absolute atomic E-state index is 0.133. The molecule has 3 rings (SSSR count). The van der Waals surface area contributed by atoms with Crippen LogP contribution in [0, 0.1) is 5.82 Å². The molecule has 1 aliphatic rings. The Bertz CT molecular complexity index is 676. The molecule has 1 aromatic heterocycles. The summed E-state index contributed by atoms with van der Waals surface area (Å²) in [5.74, 6) is -1.13. The number of nitrogens with zero attached hydrogens (tertiary/aromatic N) is 2. The molecule has 1 aliphatic carbocycles. The minimum Gasteiger partial charge on any atom is -0.366 e. The van der Waals surface area contributed by atoms with E-state index in [9.17, 15) is 9.18 Å². The van der Waals surface area contributed by atoms with E-state index < -0.39 is 11.7 Å². The Labute approximate surface area is 128 Å². The standard InChI is InChI=1S/C16H21FN4O/c17-12-8-11-10-21(20-15(11)14(9-12)16(18)22)7-6-19-13-4-2-1-3-5-13/h8-10,13,19H,1-7H2,(H2,18,22). The first-order chi connectivity index (χ1) is 10.6.